The van der Waals surface area contributed by atoms with E-state index in [9.17, 15) is 4.79 Å². The van der Waals surface area contributed by atoms with Crippen molar-refractivity contribution in [2.45, 2.75) is 13.5 Å². The van der Waals surface area contributed by atoms with Crippen LogP contribution in [0.15, 0.2) is 36.7 Å². The smallest absolute Gasteiger partial charge is 0.321 e. The Hall–Kier alpha value is -2.05. The molecule has 1 saturated heterocycles. The third kappa shape index (κ3) is 4.27. The lowest BCUT2D eigenvalue weighted by Crippen LogP contribution is -2.50. The highest BCUT2D eigenvalue weighted by atomic mass is 35.5. The van der Waals surface area contributed by atoms with Crippen LogP contribution in [0, 0.1) is 6.92 Å². The largest absolute Gasteiger partial charge is 0.334 e. The highest BCUT2D eigenvalue weighted by molar-refractivity contribution is 6.30. The van der Waals surface area contributed by atoms with Crippen LogP contribution in [0.1, 0.15) is 5.82 Å². The Balaban J connectivity index is 1.43. The van der Waals surface area contributed by atoms with Crippen LogP contribution in [-0.4, -0.2) is 58.1 Å². The molecular formula is C17H22ClN5O. The molecule has 1 fully saturated rings. The molecule has 0 unspecified atom stereocenters. The predicted molar refractivity (Wildman–Crippen MR) is 95.4 cm³/mol. The molecule has 0 aliphatic carbocycles. The second-order valence-corrected chi connectivity index (χ2v) is 6.37. The van der Waals surface area contributed by atoms with Gasteiger partial charge in [-0.1, -0.05) is 11.6 Å². The van der Waals surface area contributed by atoms with E-state index in [1.807, 2.05) is 36.4 Å². The molecule has 1 N–H and O–H groups in total. The van der Waals surface area contributed by atoms with Crippen molar-refractivity contribution in [3.8, 4) is 0 Å². The van der Waals surface area contributed by atoms with E-state index in [-0.39, 0.29) is 6.03 Å². The van der Waals surface area contributed by atoms with Crippen molar-refractivity contribution in [3.05, 3.63) is 47.5 Å². The molecule has 1 aromatic heterocycles. The summed E-state index contributed by atoms with van der Waals surface area (Å²) in [6.45, 7) is 7.18. The number of nitrogens with one attached hydrogen (secondary N) is 1. The van der Waals surface area contributed by atoms with Gasteiger partial charge >= 0.3 is 6.03 Å². The monoisotopic (exact) mass is 347 g/mol. The number of anilines is 1. The number of rotatable bonds is 4. The first kappa shape index (κ1) is 16.8. The maximum absolute atomic E-state index is 12.3. The zero-order valence-electron chi connectivity index (χ0n) is 13.8. The third-order valence-corrected chi connectivity index (χ3v) is 4.59. The standard InChI is InChI=1S/C17H22ClN5O/c1-14-19-6-7-22(14)11-8-21-9-12-23(13-10-21)17(24)20-16-4-2-15(18)3-5-16/h2-7H,8-13H2,1H3,(H,20,24). The SMILES string of the molecule is Cc1nccn1CCN1CCN(C(=O)Nc2ccc(Cl)cc2)CC1. The van der Waals surface area contributed by atoms with E-state index in [0.717, 1.165) is 50.8 Å². The molecular weight excluding hydrogens is 326 g/mol. The van der Waals surface area contributed by atoms with Gasteiger partial charge in [-0.05, 0) is 31.2 Å². The number of piperazine rings is 1. The topological polar surface area (TPSA) is 53.4 Å². The van der Waals surface area contributed by atoms with Crippen LogP contribution in [0.3, 0.4) is 0 Å². The van der Waals surface area contributed by atoms with Gasteiger partial charge in [0.15, 0.2) is 0 Å². The summed E-state index contributed by atoms with van der Waals surface area (Å²) in [5.74, 6) is 1.04. The summed E-state index contributed by atoms with van der Waals surface area (Å²) in [5, 5.41) is 3.57. The van der Waals surface area contributed by atoms with Crippen molar-refractivity contribution >= 4 is 23.3 Å². The third-order valence-electron chi connectivity index (χ3n) is 4.34. The first-order chi connectivity index (χ1) is 11.6. The Kier molecular flexibility index (Phi) is 5.37. The number of halogens is 1. The number of carbonyl (C=O) groups is 1. The number of aromatic nitrogens is 2. The van der Waals surface area contributed by atoms with Crippen molar-refractivity contribution in [1.29, 1.82) is 0 Å². The minimum Gasteiger partial charge on any atom is -0.334 e. The molecule has 0 spiro atoms. The summed E-state index contributed by atoms with van der Waals surface area (Å²) in [7, 11) is 0. The van der Waals surface area contributed by atoms with Gasteiger partial charge < -0.3 is 14.8 Å². The van der Waals surface area contributed by atoms with E-state index in [4.69, 9.17) is 11.6 Å². The van der Waals surface area contributed by atoms with Crippen molar-refractivity contribution < 1.29 is 4.79 Å². The normalized spacial score (nSPS) is 15.5. The van der Waals surface area contributed by atoms with Gasteiger partial charge in [0.05, 0.1) is 0 Å². The van der Waals surface area contributed by atoms with Crippen LogP contribution in [0.5, 0.6) is 0 Å². The first-order valence-electron chi connectivity index (χ1n) is 8.13. The molecule has 128 valence electrons. The van der Waals surface area contributed by atoms with Gasteiger partial charge in [-0.2, -0.15) is 0 Å². The Labute approximate surface area is 147 Å². The lowest BCUT2D eigenvalue weighted by molar-refractivity contribution is 0.144. The molecule has 3 rings (SSSR count). The molecule has 7 heteroatoms. The van der Waals surface area contributed by atoms with E-state index >= 15 is 0 Å². The maximum Gasteiger partial charge on any atom is 0.321 e. The molecule has 2 heterocycles. The van der Waals surface area contributed by atoms with Gasteiger partial charge in [-0.15, -0.1) is 0 Å². The van der Waals surface area contributed by atoms with Crippen molar-refractivity contribution in [2.75, 3.05) is 38.0 Å². The second kappa shape index (κ2) is 7.68. The zero-order chi connectivity index (χ0) is 16.9. The number of imidazole rings is 1. The molecule has 2 amide bonds. The highest BCUT2D eigenvalue weighted by Crippen LogP contribution is 2.14. The molecule has 0 saturated carbocycles. The van der Waals surface area contributed by atoms with Gasteiger partial charge in [0.25, 0.3) is 0 Å². The van der Waals surface area contributed by atoms with Crippen LogP contribution in [0.2, 0.25) is 5.02 Å². The van der Waals surface area contributed by atoms with E-state index in [2.05, 4.69) is 19.8 Å². The van der Waals surface area contributed by atoms with Crippen molar-refractivity contribution in [2.24, 2.45) is 0 Å². The van der Waals surface area contributed by atoms with Gasteiger partial charge in [-0.3, -0.25) is 4.90 Å². The summed E-state index contributed by atoms with van der Waals surface area (Å²) < 4.78 is 2.15. The Morgan fingerprint density at radius 3 is 2.50 bits per heavy atom. The van der Waals surface area contributed by atoms with Crippen LogP contribution < -0.4 is 5.32 Å². The predicted octanol–water partition coefficient (Wildman–Crippen LogP) is 2.69. The van der Waals surface area contributed by atoms with Crippen molar-refractivity contribution in [3.63, 3.8) is 0 Å². The van der Waals surface area contributed by atoms with Crippen LogP contribution in [-0.2, 0) is 6.54 Å². The Bertz CT molecular complexity index is 677. The minimum atomic E-state index is -0.0533. The molecule has 1 aliphatic rings. The quantitative estimate of drug-likeness (QED) is 0.925. The average molecular weight is 348 g/mol. The van der Waals surface area contributed by atoms with Crippen LogP contribution in [0.4, 0.5) is 10.5 Å². The van der Waals surface area contributed by atoms with Gasteiger partial charge in [0.2, 0.25) is 0 Å². The number of hydrogen-bond donors (Lipinski definition) is 1. The van der Waals surface area contributed by atoms with Gasteiger partial charge in [-0.25, -0.2) is 9.78 Å². The number of urea groups is 1. The number of nitrogens with zero attached hydrogens (tertiary/aromatic N) is 4. The fraction of sp³-hybridized carbons (Fsp3) is 0.412. The van der Waals surface area contributed by atoms with E-state index in [0.29, 0.717) is 5.02 Å². The number of amides is 2. The van der Waals surface area contributed by atoms with E-state index in [1.54, 1.807) is 12.1 Å². The summed E-state index contributed by atoms with van der Waals surface area (Å²) in [6.07, 6.45) is 3.83. The number of carbonyl (C=O) groups excluding carboxylic acids is 1. The van der Waals surface area contributed by atoms with E-state index in [1.165, 1.54) is 0 Å². The fourth-order valence-electron chi connectivity index (χ4n) is 2.80. The first-order valence-corrected chi connectivity index (χ1v) is 8.51. The Morgan fingerprint density at radius 1 is 1.17 bits per heavy atom. The van der Waals surface area contributed by atoms with E-state index < -0.39 is 0 Å². The molecule has 6 nitrogen and oxygen atoms in total. The summed E-state index contributed by atoms with van der Waals surface area (Å²) in [6, 6.07) is 7.11. The number of hydrogen-bond acceptors (Lipinski definition) is 3. The average Bonchev–Trinajstić information content (AvgIpc) is 3.00. The summed E-state index contributed by atoms with van der Waals surface area (Å²) in [4.78, 5) is 20.8. The molecule has 1 aromatic carbocycles. The minimum absolute atomic E-state index is 0.0533. The van der Waals surface area contributed by atoms with Crippen molar-refractivity contribution in [1.82, 2.24) is 19.4 Å². The fourth-order valence-corrected chi connectivity index (χ4v) is 2.93. The summed E-state index contributed by atoms with van der Waals surface area (Å²) >= 11 is 5.86. The van der Waals surface area contributed by atoms with Gasteiger partial charge in [0.1, 0.15) is 5.82 Å². The molecule has 0 bridgehead atoms. The van der Waals surface area contributed by atoms with Crippen LogP contribution >= 0.6 is 11.6 Å². The Morgan fingerprint density at radius 2 is 1.88 bits per heavy atom. The number of benzene rings is 1. The van der Waals surface area contributed by atoms with Crippen LogP contribution in [0.25, 0.3) is 0 Å². The molecule has 2 aromatic rings. The second-order valence-electron chi connectivity index (χ2n) is 5.93. The molecule has 0 radical (unpaired) electrons. The zero-order valence-corrected chi connectivity index (χ0v) is 14.5. The summed E-state index contributed by atoms with van der Waals surface area (Å²) in [5.41, 5.74) is 0.766. The lowest BCUT2D eigenvalue weighted by atomic mass is 10.3. The van der Waals surface area contributed by atoms with Gasteiger partial charge in [0, 0.05) is 62.4 Å². The number of aryl methyl sites for hydroxylation is 1. The molecule has 1 aliphatic heterocycles. The molecule has 24 heavy (non-hydrogen) atoms. The lowest BCUT2D eigenvalue weighted by Gasteiger charge is -2.34. The highest BCUT2D eigenvalue weighted by Gasteiger charge is 2.21. The molecule has 0 atom stereocenters. The maximum atomic E-state index is 12.3.